The van der Waals surface area contributed by atoms with E-state index in [1.165, 1.54) is 10.9 Å². The number of aryl methyl sites for hydroxylation is 1. The average Bonchev–Trinajstić information content (AvgIpc) is 2.72. The number of hydrogen-bond acceptors (Lipinski definition) is 5. The smallest absolute Gasteiger partial charge is 0.238 e. The lowest BCUT2D eigenvalue weighted by Gasteiger charge is -2.08. The van der Waals surface area contributed by atoms with Crippen LogP contribution in [0, 0.1) is 11.6 Å². The van der Waals surface area contributed by atoms with Crippen LogP contribution < -0.4 is 9.88 Å². The van der Waals surface area contributed by atoms with Crippen molar-refractivity contribution in [2.24, 2.45) is 12.2 Å². The topological polar surface area (TPSA) is 100 Å². The van der Waals surface area contributed by atoms with Gasteiger partial charge in [0.15, 0.2) is 17.4 Å². The minimum absolute atomic E-state index is 0.212. The fourth-order valence-electron chi connectivity index (χ4n) is 1.45. The van der Waals surface area contributed by atoms with Crippen molar-refractivity contribution in [1.82, 2.24) is 15.0 Å². The highest BCUT2D eigenvalue weighted by Crippen LogP contribution is 2.25. The summed E-state index contributed by atoms with van der Waals surface area (Å²) < 4.78 is 55.6. The van der Waals surface area contributed by atoms with E-state index >= 15 is 0 Å². The first-order valence-electron chi connectivity index (χ1n) is 5.27. The standard InChI is InChI=1S/C10H10F2N4O3S/c1-16-4-6(14-15-16)5-19-10-8(11)2-7(3-9(10)12)20(13,17)18/h2-4H,5H2,1H3,(H2,13,17,18). The fraction of sp³-hybridized carbons (Fsp3) is 0.200. The molecule has 1 heterocycles. The Morgan fingerprint density at radius 2 is 1.95 bits per heavy atom. The zero-order chi connectivity index (χ0) is 14.9. The van der Waals surface area contributed by atoms with E-state index in [0.717, 1.165) is 0 Å². The molecule has 0 unspecified atom stereocenters. The third-order valence-electron chi connectivity index (χ3n) is 2.31. The van der Waals surface area contributed by atoms with Gasteiger partial charge in [-0.05, 0) is 12.1 Å². The molecule has 7 nitrogen and oxygen atoms in total. The first kappa shape index (κ1) is 14.3. The maximum atomic E-state index is 13.6. The molecule has 0 spiro atoms. The summed E-state index contributed by atoms with van der Waals surface area (Å²) in [6.45, 7) is -0.212. The van der Waals surface area contributed by atoms with Crippen molar-refractivity contribution in [3.63, 3.8) is 0 Å². The SMILES string of the molecule is Cn1cc(COc2c(F)cc(S(N)(=O)=O)cc2F)nn1. The van der Waals surface area contributed by atoms with Crippen molar-refractivity contribution >= 4 is 10.0 Å². The maximum absolute atomic E-state index is 13.6. The van der Waals surface area contributed by atoms with Crippen LogP contribution in [0.1, 0.15) is 5.69 Å². The monoisotopic (exact) mass is 304 g/mol. The molecule has 1 aromatic heterocycles. The van der Waals surface area contributed by atoms with E-state index in [1.807, 2.05) is 0 Å². The first-order valence-corrected chi connectivity index (χ1v) is 6.82. The number of rotatable bonds is 4. The number of primary sulfonamides is 1. The van der Waals surface area contributed by atoms with Crippen LogP contribution in [-0.4, -0.2) is 23.4 Å². The number of halogens is 2. The summed E-state index contributed by atoms with van der Waals surface area (Å²) >= 11 is 0. The molecule has 10 heteroatoms. The Kier molecular flexibility index (Phi) is 3.68. The predicted octanol–water partition coefficient (Wildman–Crippen LogP) is 0.320. The van der Waals surface area contributed by atoms with Crippen LogP contribution in [0.25, 0.3) is 0 Å². The van der Waals surface area contributed by atoms with E-state index in [2.05, 4.69) is 10.3 Å². The first-order chi connectivity index (χ1) is 9.27. The largest absolute Gasteiger partial charge is 0.481 e. The molecule has 0 atom stereocenters. The van der Waals surface area contributed by atoms with Crippen LogP contribution in [0.4, 0.5) is 8.78 Å². The zero-order valence-corrected chi connectivity index (χ0v) is 11.1. The van der Waals surface area contributed by atoms with Gasteiger partial charge >= 0.3 is 0 Å². The van der Waals surface area contributed by atoms with E-state index in [1.54, 1.807) is 7.05 Å². The van der Waals surface area contributed by atoms with Gasteiger partial charge in [-0.3, -0.25) is 4.68 Å². The molecule has 0 fully saturated rings. The number of ether oxygens (including phenoxy) is 1. The highest BCUT2D eigenvalue weighted by atomic mass is 32.2. The van der Waals surface area contributed by atoms with E-state index in [9.17, 15) is 17.2 Å². The van der Waals surface area contributed by atoms with Crippen molar-refractivity contribution in [2.75, 3.05) is 0 Å². The van der Waals surface area contributed by atoms with Gasteiger partial charge in [0.2, 0.25) is 10.0 Å². The van der Waals surface area contributed by atoms with Crippen LogP contribution in [0.2, 0.25) is 0 Å². The van der Waals surface area contributed by atoms with Crippen molar-refractivity contribution in [2.45, 2.75) is 11.5 Å². The summed E-state index contributed by atoms with van der Waals surface area (Å²) in [4.78, 5) is -0.667. The Hall–Kier alpha value is -2.07. The van der Waals surface area contributed by atoms with Crippen molar-refractivity contribution in [1.29, 1.82) is 0 Å². The summed E-state index contributed by atoms with van der Waals surface area (Å²) in [5.41, 5.74) is 0.363. The van der Waals surface area contributed by atoms with Gasteiger partial charge in [-0.25, -0.2) is 22.3 Å². The second kappa shape index (κ2) is 5.13. The Labute approximate surface area is 113 Å². The second-order valence-corrected chi connectivity index (χ2v) is 5.49. The molecular weight excluding hydrogens is 294 g/mol. The normalized spacial score (nSPS) is 11.6. The number of benzene rings is 1. The molecular formula is C10H10F2N4O3S. The molecule has 0 amide bonds. The molecule has 2 N–H and O–H groups in total. The van der Waals surface area contributed by atoms with Gasteiger partial charge in [0.25, 0.3) is 0 Å². The lowest BCUT2D eigenvalue weighted by Crippen LogP contribution is -2.13. The quantitative estimate of drug-likeness (QED) is 0.876. The molecule has 0 saturated heterocycles. The Balaban J connectivity index is 2.25. The molecule has 2 aromatic rings. The van der Waals surface area contributed by atoms with Gasteiger partial charge in [-0.2, -0.15) is 0 Å². The van der Waals surface area contributed by atoms with Crippen molar-refractivity contribution in [3.8, 4) is 5.75 Å². The van der Waals surface area contributed by atoms with E-state index < -0.39 is 32.3 Å². The summed E-state index contributed by atoms with van der Waals surface area (Å²) in [5, 5.41) is 12.1. The third-order valence-corrected chi connectivity index (χ3v) is 3.21. The Bertz CT molecular complexity index is 722. The number of aromatic nitrogens is 3. The lowest BCUT2D eigenvalue weighted by atomic mass is 10.3. The number of nitrogens with two attached hydrogens (primary N) is 1. The molecule has 2 rings (SSSR count). The molecule has 0 aliphatic rings. The minimum Gasteiger partial charge on any atom is -0.481 e. The van der Waals surface area contributed by atoms with E-state index in [0.29, 0.717) is 17.8 Å². The van der Waals surface area contributed by atoms with Crippen LogP contribution in [0.5, 0.6) is 5.75 Å². The molecule has 0 bridgehead atoms. The van der Waals surface area contributed by atoms with E-state index in [4.69, 9.17) is 9.88 Å². The fourth-order valence-corrected chi connectivity index (χ4v) is 1.98. The Morgan fingerprint density at radius 3 is 2.40 bits per heavy atom. The summed E-state index contributed by atoms with van der Waals surface area (Å²) in [7, 11) is -2.57. The third kappa shape index (κ3) is 3.08. The number of nitrogens with zero attached hydrogens (tertiary/aromatic N) is 3. The summed E-state index contributed by atoms with van der Waals surface area (Å²) in [6, 6.07) is 1.18. The molecule has 0 saturated carbocycles. The molecule has 0 aliphatic carbocycles. The second-order valence-electron chi connectivity index (χ2n) is 3.93. The van der Waals surface area contributed by atoms with Gasteiger partial charge in [-0.15, -0.1) is 5.10 Å². The molecule has 108 valence electrons. The van der Waals surface area contributed by atoms with E-state index in [-0.39, 0.29) is 6.61 Å². The van der Waals surface area contributed by atoms with Gasteiger partial charge in [0.1, 0.15) is 12.3 Å². The number of sulfonamides is 1. The Morgan fingerprint density at radius 1 is 1.35 bits per heavy atom. The predicted molar refractivity (Wildman–Crippen MR) is 63.1 cm³/mol. The summed E-state index contributed by atoms with van der Waals surface area (Å²) in [5.74, 6) is -3.04. The van der Waals surface area contributed by atoms with Gasteiger partial charge in [-0.1, -0.05) is 5.21 Å². The molecule has 0 radical (unpaired) electrons. The molecule has 0 aliphatic heterocycles. The average molecular weight is 304 g/mol. The maximum Gasteiger partial charge on any atom is 0.238 e. The van der Waals surface area contributed by atoms with Gasteiger partial charge < -0.3 is 4.74 Å². The molecule has 20 heavy (non-hydrogen) atoms. The van der Waals surface area contributed by atoms with Crippen LogP contribution in [-0.2, 0) is 23.7 Å². The van der Waals surface area contributed by atoms with Crippen molar-refractivity contribution in [3.05, 3.63) is 35.7 Å². The summed E-state index contributed by atoms with van der Waals surface area (Å²) in [6.07, 6.45) is 1.51. The minimum atomic E-state index is -4.19. The van der Waals surface area contributed by atoms with Crippen LogP contribution >= 0.6 is 0 Å². The molecule has 1 aromatic carbocycles. The van der Waals surface area contributed by atoms with Crippen LogP contribution in [0.3, 0.4) is 0 Å². The lowest BCUT2D eigenvalue weighted by molar-refractivity contribution is 0.269. The van der Waals surface area contributed by atoms with Gasteiger partial charge in [0.05, 0.1) is 11.1 Å². The van der Waals surface area contributed by atoms with Gasteiger partial charge in [0, 0.05) is 7.05 Å². The number of hydrogen-bond donors (Lipinski definition) is 1. The highest BCUT2D eigenvalue weighted by Gasteiger charge is 2.18. The van der Waals surface area contributed by atoms with Crippen molar-refractivity contribution < 1.29 is 21.9 Å². The zero-order valence-electron chi connectivity index (χ0n) is 10.2. The van der Waals surface area contributed by atoms with Crippen LogP contribution in [0.15, 0.2) is 23.2 Å². The highest BCUT2D eigenvalue weighted by molar-refractivity contribution is 7.89.